The highest BCUT2D eigenvalue weighted by Gasteiger charge is 2.43. The number of aryl methyl sites for hydroxylation is 1. The molecular formula is C24H31FN2O7S. The van der Waals surface area contributed by atoms with Crippen molar-refractivity contribution in [3.05, 3.63) is 52.7 Å². The number of nitrogens with one attached hydrogen (secondary N) is 1. The molecule has 1 saturated carbocycles. The summed E-state index contributed by atoms with van der Waals surface area (Å²) in [5.41, 5.74) is 1.86. The zero-order chi connectivity index (χ0) is 25.8. The third-order valence-corrected chi connectivity index (χ3v) is 8.81. The van der Waals surface area contributed by atoms with Gasteiger partial charge in [0.25, 0.3) is 11.5 Å². The van der Waals surface area contributed by atoms with Crippen molar-refractivity contribution in [3.8, 4) is 16.9 Å². The predicted molar refractivity (Wildman–Crippen MR) is 127 cm³/mol. The number of carbonyl (C=O) groups excluding carboxylic acids is 1. The minimum Gasteiger partial charge on any atom is -0.490 e. The Bertz CT molecular complexity index is 1220. The van der Waals surface area contributed by atoms with Gasteiger partial charge in [0, 0.05) is 25.1 Å². The molecule has 1 aliphatic carbocycles. The number of ether oxygens (including phenoxy) is 1. The van der Waals surface area contributed by atoms with Crippen LogP contribution in [0.15, 0.2) is 41.3 Å². The fourth-order valence-electron chi connectivity index (χ4n) is 4.11. The minimum atomic E-state index is -3.89. The number of sulfone groups is 1. The molecule has 11 heteroatoms. The molecule has 1 aromatic carbocycles. The third kappa shape index (κ3) is 6.28. The maximum atomic E-state index is 14.6. The van der Waals surface area contributed by atoms with Gasteiger partial charge in [-0.25, -0.2) is 18.3 Å². The number of carbonyl (C=O) groups is 1. The Labute approximate surface area is 203 Å². The van der Waals surface area contributed by atoms with Crippen LogP contribution in [0.5, 0.6) is 5.75 Å². The molecule has 0 saturated heterocycles. The van der Waals surface area contributed by atoms with Crippen LogP contribution in [-0.2, 0) is 21.2 Å². The highest BCUT2D eigenvalue weighted by Crippen LogP contribution is 2.28. The first-order valence-electron chi connectivity index (χ1n) is 11.4. The molecule has 192 valence electrons. The Morgan fingerprint density at radius 2 is 1.86 bits per heavy atom. The fraction of sp³-hybridized carbons (Fsp3) is 0.500. The molecule has 1 heterocycles. The first-order chi connectivity index (χ1) is 16.4. The Hall–Kier alpha value is -2.76. The monoisotopic (exact) mass is 510 g/mol. The van der Waals surface area contributed by atoms with Crippen LogP contribution < -0.4 is 15.8 Å². The number of hydrogen-bond acceptors (Lipinski definition) is 7. The summed E-state index contributed by atoms with van der Waals surface area (Å²) in [4.78, 5) is 24.6. The van der Waals surface area contributed by atoms with Crippen molar-refractivity contribution in [2.75, 3.05) is 12.9 Å². The number of hydrogen-bond donors (Lipinski definition) is 3. The number of aliphatic hydroxyl groups is 1. The molecule has 1 atom stereocenters. The number of aliphatic hydroxyl groups excluding tert-OH is 1. The number of pyridine rings is 1. The molecule has 0 radical (unpaired) electrons. The molecule has 0 bridgehead atoms. The molecule has 0 aliphatic heterocycles. The first-order valence-corrected chi connectivity index (χ1v) is 13.3. The van der Waals surface area contributed by atoms with E-state index >= 15 is 0 Å². The van der Waals surface area contributed by atoms with E-state index in [1.54, 1.807) is 12.1 Å². The van der Waals surface area contributed by atoms with Gasteiger partial charge < -0.3 is 14.4 Å². The van der Waals surface area contributed by atoms with Crippen molar-refractivity contribution < 1.29 is 32.7 Å². The smallest absolute Gasteiger partial charge is 0.264 e. The van der Waals surface area contributed by atoms with Gasteiger partial charge in [-0.3, -0.25) is 14.8 Å². The van der Waals surface area contributed by atoms with Crippen LogP contribution in [0, 0.1) is 11.7 Å². The van der Waals surface area contributed by atoms with Crippen molar-refractivity contribution in [3.63, 3.8) is 0 Å². The zero-order valence-corrected chi connectivity index (χ0v) is 20.6. The Morgan fingerprint density at radius 3 is 2.43 bits per heavy atom. The summed E-state index contributed by atoms with van der Waals surface area (Å²) in [5.74, 6) is -1.24. The quantitative estimate of drug-likeness (QED) is 0.348. The standard InChI is InChI=1S/C24H31FN2O7S/c1-24(23(30)26-31,35(2,32)33)10-12-27-11-9-18(14-22(27)29)17-5-8-21(20(25)13-17)34-15-16-3-6-19(28)7-4-16/h5,8-9,11,13-14,16,19,28,31H,3-4,6-7,10,12,15H2,1-2H3,(H,26,30)/t16-,19-,24-/m1/s1. The second kappa shape index (κ2) is 10.9. The van der Waals surface area contributed by atoms with Crippen molar-refractivity contribution in [2.45, 2.75) is 56.4 Å². The number of rotatable bonds is 9. The number of aromatic nitrogens is 1. The minimum absolute atomic E-state index is 0.0879. The number of hydroxylamine groups is 1. The van der Waals surface area contributed by atoms with E-state index < -0.39 is 31.9 Å². The van der Waals surface area contributed by atoms with E-state index in [2.05, 4.69) is 0 Å². The van der Waals surface area contributed by atoms with Crippen LogP contribution in [0.4, 0.5) is 4.39 Å². The van der Waals surface area contributed by atoms with Crippen LogP contribution >= 0.6 is 0 Å². The second-order valence-electron chi connectivity index (χ2n) is 9.27. The lowest BCUT2D eigenvalue weighted by Crippen LogP contribution is -2.49. The lowest BCUT2D eigenvalue weighted by Gasteiger charge is -2.25. The van der Waals surface area contributed by atoms with E-state index in [9.17, 15) is 27.5 Å². The summed E-state index contributed by atoms with van der Waals surface area (Å²) in [7, 11) is -3.89. The number of amides is 1. The fourth-order valence-corrected chi connectivity index (χ4v) is 4.95. The highest BCUT2D eigenvalue weighted by atomic mass is 32.2. The van der Waals surface area contributed by atoms with Crippen LogP contribution in [0.25, 0.3) is 11.1 Å². The largest absolute Gasteiger partial charge is 0.490 e. The molecule has 0 spiro atoms. The van der Waals surface area contributed by atoms with Crippen LogP contribution in [0.2, 0.25) is 0 Å². The predicted octanol–water partition coefficient (Wildman–Crippen LogP) is 2.28. The Morgan fingerprint density at radius 1 is 1.20 bits per heavy atom. The highest BCUT2D eigenvalue weighted by molar-refractivity contribution is 7.92. The van der Waals surface area contributed by atoms with Gasteiger partial charge in [0.2, 0.25) is 0 Å². The number of benzene rings is 1. The van der Waals surface area contributed by atoms with Gasteiger partial charge in [-0.2, -0.15) is 0 Å². The van der Waals surface area contributed by atoms with Gasteiger partial charge in [0.1, 0.15) is 0 Å². The molecule has 35 heavy (non-hydrogen) atoms. The lowest BCUT2D eigenvalue weighted by molar-refractivity contribution is -0.131. The zero-order valence-electron chi connectivity index (χ0n) is 19.7. The van der Waals surface area contributed by atoms with E-state index in [0.29, 0.717) is 17.7 Å². The molecule has 1 amide bonds. The first kappa shape index (κ1) is 26.8. The summed E-state index contributed by atoms with van der Waals surface area (Å²) in [6.07, 6.45) is 4.95. The van der Waals surface area contributed by atoms with Gasteiger partial charge in [-0.15, -0.1) is 0 Å². The maximum absolute atomic E-state index is 14.6. The summed E-state index contributed by atoms with van der Waals surface area (Å²) in [6.45, 7) is 1.46. The van der Waals surface area contributed by atoms with E-state index in [0.717, 1.165) is 31.9 Å². The van der Waals surface area contributed by atoms with Crippen LogP contribution in [-0.4, -0.2) is 52.9 Å². The van der Waals surface area contributed by atoms with E-state index in [1.165, 1.54) is 41.4 Å². The number of nitrogens with zero attached hydrogens (tertiary/aromatic N) is 1. The van der Waals surface area contributed by atoms with E-state index in [1.807, 2.05) is 0 Å². The molecule has 2 aromatic rings. The van der Waals surface area contributed by atoms with Gasteiger partial charge in [0.05, 0.1) is 12.7 Å². The Kier molecular flexibility index (Phi) is 8.34. The summed E-state index contributed by atoms with van der Waals surface area (Å²) >= 11 is 0. The van der Waals surface area contributed by atoms with Crippen molar-refractivity contribution in [1.29, 1.82) is 0 Å². The van der Waals surface area contributed by atoms with E-state index in [4.69, 9.17) is 9.94 Å². The molecule has 1 fully saturated rings. The van der Waals surface area contributed by atoms with Gasteiger partial charge in [-0.05, 0) is 74.3 Å². The molecule has 1 aromatic heterocycles. The second-order valence-corrected chi connectivity index (χ2v) is 11.7. The van der Waals surface area contributed by atoms with Crippen molar-refractivity contribution in [2.24, 2.45) is 5.92 Å². The van der Waals surface area contributed by atoms with Gasteiger partial charge in [-0.1, -0.05) is 6.07 Å². The topological polar surface area (TPSA) is 135 Å². The molecular weight excluding hydrogens is 479 g/mol. The summed E-state index contributed by atoms with van der Waals surface area (Å²) < 4.78 is 43.8. The van der Waals surface area contributed by atoms with Crippen molar-refractivity contribution in [1.82, 2.24) is 10.0 Å². The Balaban J connectivity index is 1.69. The summed E-state index contributed by atoms with van der Waals surface area (Å²) in [5, 5.41) is 18.5. The lowest BCUT2D eigenvalue weighted by atomic mass is 9.88. The average molecular weight is 511 g/mol. The maximum Gasteiger partial charge on any atom is 0.264 e. The van der Waals surface area contributed by atoms with Crippen LogP contribution in [0.3, 0.4) is 0 Å². The molecule has 3 N–H and O–H groups in total. The van der Waals surface area contributed by atoms with Crippen LogP contribution in [0.1, 0.15) is 39.0 Å². The SMILES string of the molecule is C[C@@](CCn1ccc(-c2ccc(OC[C@H]3CC[C@H](O)CC3)c(F)c2)cc1=O)(C(=O)NO)S(C)(=O)=O. The molecule has 1 aliphatic rings. The van der Waals surface area contributed by atoms with Gasteiger partial charge in [0.15, 0.2) is 26.2 Å². The molecule has 3 rings (SSSR count). The molecule has 0 unspecified atom stereocenters. The normalized spacial score (nSPS) is 20.1. The third-order valence-electron chi connectivity index (χ3n) is 6.78. The van der Waals surface area contributed by atoms with Gasteiger partial charge >= 0.3 is 0 Å². The summed E-state index contributed by atoms with van der Waals surface area (Å²) in [6, 6.07) is 7.33. The van der Waals surface area contributed by atoms with Crippen molar-refractivity contribution >= 4 is 15.7 Å². The number of halogens is 1. The van der Waals surface area contributed by atoms with E-state index in [-0.39, 0.29) is 30.7 Å². The average Bonchev–Trinajstić information content (AvgIpc) is 2.82. The molecule has 9 nitrogen and oxygen atoms in total.